The van der Waals surface area contributed by atoms with E-state index in [0.717, 1.165) is 5.39 Å². The number of halogens is 1. The number of anilines is 1. The highest BCUT2D eigenvalue weighted by molar-refractivity contribution is 6.35. The van der Waals surface area contributed by atoms with Crippen molar-refractivity contribution in [2.45, 2.75) is 13.0 Å². The minimum atomic E-state index is -0.538. The van der Waals surface area contributed by atoms with Gasteiger partial charge in [0.05, 0.1) is 28.0 Å². The lowest BCUT2D eigenvalue weighted by Crippen LogP contribution is -2.29. The first kappa shape index (κ1) is 23.8. The third-order valence-corrected chi connectivity index (χ3v) is 5.99. The molecular formula is C26H20ClN9O. The van der Waals surface area contributed by atoms with Gasteiger partial charge in [0, 0.05) is 30.4 Å². The SMILES string of the molecule is CC(NC(=O)c1nc(-c2cc(Cl)c3ncccc3c2)c(-c2ccn(C)n2)nc1N)c1cccc(C#N)n1. The summed E-state index contributed by atoms with van der Waals surface area (Å²) in [5.41, 5.74) is 9.57. The van der Waals surface area contributed by atoms with Gasteiger partial charge >= 0.3 is 0 Å². The van der Waals surface area contributed by atoms with Crippen LogP contribution in [0.1, 0.15) is 34.8 Å². The molecule has 0 saturated carbocycles. The molecule has 4 aromatic heterocycles. The summed E-state index contributed by atoms with van der Waals surface area (Å²) >= 11 is 6.55. The number of hydrogen-bond acceptors (Lipinski definition) is 8. The zero-order valence-corrected chi connectivity index (χ0v) is 20.6. The quantitative estimate of drug-likeness (QED) is 0.360. The van der Waals surface area contributed by atoms with Gasteiger partial charge in [0.2, 0.25) is 0 Å². The predicted molar refractivity (Wildman–Crippen MR) is 139 cm³/mol. The smallest absolute Gasteiger partial charge is 0.274 e. The molecule has 182 valence electrons. The molecule has 0 aliphatic carbocycles. The number of nitrogens with zero attached hydrogens (tertiary/aromatic N) is 7. The second kappa shape index (κ2) is 9.64. The molecule has 0 bridgehead atoms. The lowest BCUT2D eigenvalue weighted by molar-refractivity contribution is 0.0935. The van der Waals surface area contributed by atoms with Crippen molar-refractivity contribution in [3.63, 3.8) is 0 Å². The molecule has 1 atom stereocenters. The van der Waals surface area contributed by atoms with Crippen LogP contribution in [0.15, 0.2) is 60.9 Å². The van der Waals surface area contributed by atoms with Gasteiger partial charge in [-0.2, -0.15) is 10.4 Å². The van der Waals surface area contributed by atoms with E-state index in [-0.39, 0.29) is 17.2 Å². The van der Waals surface area contributed by atoms with E-state index in [1.165, 1.54) is 0 Å². The number of carbonyl (C=O) groups is 1. The summed E-state index contributed by atoms with van der Waals surface area (Å²) in [5, 5.41) is 17.7. The summed E-state index contributed by atoms with van der Waals surface area (Å²) in [6.07, 6.45) is 3.44. The Hall–Kier alpha value is -4.88. The van der Waals surface area contributed by atoms with E-state index in [4.69, 9.17) is 22.6 Å². The minimum Gasteiger partial charge on any atom is -0.382 e. The van der Waals surface area contributed by atoms with Gasteiger partial charge in [-0.1, -0.05) is 23.7 Å². The largest absolute Gasteiger partial charge is 0.382 e. The normalized spacial score (nSPS) is 11.7. The molecule has 37 heavy (non-hydrogen) atoms. The summed E-state index contributed by atoms with van der Waals surface area (Å²) in [4.78, 5) is 31.0. The Morgan fingerprint density at radius 2 is 1.97 bits per heavy atom. The second-order valence-corrected chi connectivity index (χ2v) is 8.72. The lowest BCUT2D eigenvalue weighted by atomic mass is 10.0. The van der Waals surface area contributed by atoms with Gasteiger partial charge in [0.15, 0.2) is 11.5 Å². The van der Waals surface area contributed by atoms with Crippen molar-refractivity contribution in [1.82, 2.24) is 35.0 Å². The summed E-state index contributed by atoms with van der Waals surface area (Å²) in [6, 6.07) is 15.6. The van der Waals surface area contributed by atoms with E-state index in [1.807, 2.05) is 24.3 Å². The van der Waals surface area contributed by atoms with Crippen LogP contribution in [-0.2, 0) is 7.05 Å². The number of rotatable bonds is 5. The van der Waals surface area contributed by atoms with E-state index < -0.39 is 11.9 Å². The predicted octanol–water partition coefficient (Wildman–Crippen LogP) is 4.09. The van der Waals surface area contributed by atoms with E-state index in [0.29, 0.717) is 38.9 Å². The number of nitrogen functional groups attached to an aromatic ring is 1. The average molecular weight is 510 g/mol. The molecule has 0 spiro atoms. The standard InChI is InChI=1S/C26H20ClN9O/c1-14(19-7-3-6-17(13-28)32-19)31-26(37)24-25(29)34-23(20-8-10-36(2)35-20)22(33-24)16-11-15-5-4-9-30-21(15)18(27)12-16/h3-12,14H,1-2H3,(H2,29,34)(H,31,37). The molecule has 0 saturated heterocycles. The lowest BCUT2D eigenvalue weighted by Gasteiger charge is -2.16. The molecule has 1 unspecified atom stereocenters. The number of aryl methyl sites for hydroxylation is 1. The van der Waals surface area contributed by atoms with Gasteiger partial charge in [0.25, 0.3) is 5.91 Å². The van der Waals surface area contributed by atoms with E-state index in [9.17, 15) is 4.79 Å². The highest BCUT2D eigenvalue weighted by atomic mass is 35.5. The summed E-state index contributed by atoms with van der Waals surface area (Å²) in [6.45, 7) is 1.75. The average Bonchev–Trinajstić information content (AvgIpc) is 3.34. The molecule has 1 aromatic carbocycles. The van der Waals surface area contributed by atoms with Crippen molar-refractivity contribution in [3.05, 3.63) is 83.0 Å². The number of nitriles is 1. The Balaban J connectivity index is 1.60. The molecule has 5 rings (SSSR count). The first-order chi connectivity index (χ1) is 17.8. The Bertz CT molecular complexity index is 1710. The molecule has 1 amide bonds. The monoisotopic (exact) mass is 509 g/mol. The fourth-order valence-corrected chi connectivity index (χ4v) is 4.19. The molecule has 0 aliphatic rings. The molecular weight excluding hydrogens is 490 g/mol. The number of pyridine rings is 2. The number of carbonyl (C=O) groups excluding carboxylic acids is 1. The first-order valence-corrected chi connectivity index (χ1v) is 11.6. The zero-order valence-electron chi connectivity index (χ0n) is 19.8. The highest BCUT2D eigenvalue weighted by Gasteiger charge is 2.23. The third kappa shape index (κ3) is 4.68. The van der Waals surface area contributed by atoms with Gasteiger partial charge in [-0.3, -0.25) is 14.5 Å². The maximum Gasteiger partial charge on any atom is 0.274 e. The van der Waals surface area contributed by atoms with Crippen LogP contribution in [0.3, 0.4) is 0 Å². The highest BCUT2D eigenvalue weighted by Crippen LogP contribution is 2.34. The molecule has 0 fully saturated rings. The fraction of sp³-hybridized carbons (Fsp3) is 0.115. The van der Waals surface area contributed by atoms with Gasteiger partial charge < -0.3 is 11.1 Å². The second-order valence-electron chi connectivity index (χ2n) is 8.32. The van der Waals surface area contributed by atoms with Crippen molar-refractivity contribution >= 4 is 34.2 Å². The maximum absolute atomic E-state index is 13.3. The van der Waals surface area contributed by atoms with Gasteiger partial charge in [-0.25, -0.2) is 15.0 Å². The van der Waals surface area contributed by atoms with Crippen molar-refractivity contribution in [3.8, 4) is 28.7 Å². The van der Waals surface area contributed by atoms with Crippen LogP contribution in [0.5, 0.6) is 0 Å². The maximum atomic E-state index is 13.3. The van der Waals surface area contributed by atoms with Crippen LogP contribution in [-0.4, -0.2) is 35.6 Å². The van der Waals surface area contributed by atoms with E-state index in [1.54, 1.807) is 61.4 Å². The fourth-order valence-electron chi connectivity index (χ4n) is 3.92. The number of benzene rings is 1. The van der Waals surface area contributed by atoms with Gasteiger partial charge in [-0.15, -0.1) is 0 Å². The molecule has 0 radical (unpaired) electrons. The molecule has 11 heteroatoms. The number of amides is 1. The molecule has 10 nitrogen and oxygen atoms in total. The van der Waals surface area contributed by atoms with Gasteiger partial charge in [-0.05, 0) is 43.3 Å². The Morgan fingerprint density at radius 1 is 1.14 bits per heavy atom. The summed E-state index contributed by atoms with van der Waals surface area (Å²) in [5.74, 6) is -0.592. The molecule has 3 N–H and O–H groups in total. The Kier molecular flexibility index (Phi) is 6.21. The van der Waals surface area contributed by atoms with E-state index in [2.05, 4.69) is 30.4 Å². The number of hydrogen-bond donors (Lipinski definition) is 2. The number of nitrogens with one attached hydrogen (secondary N) is 1. The van der Waals surface area contributed by atoms with Crippen LogP contribution < -0.4 is 11.1 Å². The third-order valence-electron chi connectivity index (χ3n) is 5.70. The van der Waals surface area contributed by atoms with Crippen LogP contribution in [0.4, 0.5) is 5.82 Å². The van der Waals surface area contributed by atoms with Crippen LogP contribution >= 0.6 is 11.6 Å². The number of aromatic nitrogens is 6. The van der Waals surface area contributed by atoms with E-state index >= 15 is 0 Å². The topological polar surface area (TPSA) is 148 Å². The minimum absolute atomic E-state index is 0.0543. The van der Waals surface area contributed by atoms with Crippen molar-refractivity contribution in [2.24, 2.45) is 7.05 Å². The Labute approximate surface area is 216 Å². The molecule has 5 aromatic rings. The molecule has 0 aliphatic heterocycles. The zero-order chi connectivity index (χ0) is 26.1. The number of fused-ring (bicyclic) bond motifs is 1. The molecule has 4 heterocycles. The Morgan fingerprint density at radius 3 is 2.73 bits per heavy atom. The van der Waals surface area contributed by atoms with Crippen molar-refractivity contribution in [1.29, 1.82) is 5.26 Å². The van der Waals surface area contributed by atoms with Crippen molar-refractivity contribution in [2.75, 3.05) is 5.73 Å². The summed E-state index contributed by atoms with van der Waals surface area (Å²) < 4.78 is 1.64. The van der Waals surface area contributed by atoms with Crippen LogP contribution in [0.2, 0.25) is 5.02 Å². The van der Waals surface area contributed by atoms with Crippen LogP contribution in [0, 0.1) is 11.3 Å². The van der Waals surface area contributed by atoms with Gasteiger partial charge in [0.1, 0.15) is 23.2 Å². The van der Waals surface area contributed by atoms with Crippen molar-refractivity contribution < 1.29 is 4.79 Å². The first-order valence-electron chi connectivity index (χ1n) is 11.2. The number of nitrogens with two attached hydrogens (primary N) is 1. The summed E-state index contributed by atoms with van der Waals surface area (Å²) in [7, 11) is 1.79. The van der Waals surface area contributed by atoms with Crippen LogP contribution in [0.25, 0.3) is 33.5 Å².